The van der Waals surface area contributed by atoms with Crippen LogP contribution < -0.4 is 0 Å². The number of hydrogen-bond acceptors (Lipinski definition) is 4. The molecule has 0 radical (unpaired) electrons. The van der Waals surface area contributed by atoms with Gasteiger partial charge in [0.1, 0.15) is 0 Å². The fraction of sp³-hybridized carbons (Fsp3) is 0.333. The molecule has 4 nitrogen and oxygen atoms in total. The number of fused-ring (bicyclic) bond motifs is 1. The molecule has 2 aromatic heterocycles. The minimum atomic E-state index is -0.304. The first-order valence-electron chi connectivity index (χ1n) is 7.83. The van der Waals surface area contributed by atoms with Crippen molar-refractivity contribution >= 4 is 28.2 Å². The Bertz CT molecular complexity index is 890. The van der Waals surface area contributed by atoms with Crippen LogP contribution in [0.4, 0.5) is 0 Å². The molecule has 1 aromatic carbocycles. The van der Waals surface area contributed by atoms with Gasteiger partial charge in [-0.25, -0.2) is 9.78 Å². The molecule has 0 N–H and O–H groups in total. The van der Waals surface area contributed by atoms with Crippen LogP contribution in [0.3, 0.4) is 0 Å². The smallest absolute Gasteiger partial charge is 0.358 e. The standard InChI is InChI=1S/C18H18N2O2S/c1-11-19-16(18(21)22-10-12-7-8-12)17(23-11)15-9-13-5-3-4-6-14(13)20(15)2/h3-6,9,12H,7-8,10H2,1-2H3. The number of nitrogens with zero attached hydrogens (tertiary/aromatic N) is 2. The second kappa shape index (κ2) is 5.49. The number of thiazole rings is 1. The molecule has 1 aliphatic carbocycles. The van der Waals surface area contributed by atoms with Crippen molar-refractivity contribution in [3.8, 4) is 10.6 Å². The van der Waals surface area contributed by atoms with Crippen LogP contribution in [0, 0.1) is 12.8 Å². The largest absolute Gasteiger partial charge is 0.461 e. The van der Waals surface area contributed by atoms with Gasteiger partial charge in [-0.2, -0.15) is 0 Å². The van der Waals surface area contributed by atoms with E-state index in [4.69, 9.17) is 4.74 Å². The maximum absolute atomic E-state index is 12.4. The van der Waals surface area contributed by atoms with E-state index in [0.29, 0.717) is 18.2 Å². The summed E-state index contributed by atoms with van der Waals surface area (Å²) in [6.07, 6.45) is 2.33. The fourth-order valence-electron chi connectivity index (χ4n) is 2.79. The average Bonchev–Trinajstić information content (AvgIpc) is 3.22. The number of esters is 1. The predicted octanol–water partition coefficient (Wildman–Crippen LogP) is 4.18. The summed E-state index contributed by atoms with van der Waals surface area (Å²) in [6, 6.07) is 10.3. The highest BCUT2D eigenvalue weighted by Gasteiger charge is 2.26. The zero-order chi connectivity index (χ0) is 16.0. The molecule has 4 rings (SSSR count). The summed E-state index contributed by atoms with van der Waals surface area (Å²) in [5.74, 6) is 0.251. The van der Waals surface area contributed by atoms with Crippen molar-refractivity contribution < 1.29 is 9.53 Å². The molecule has 5 heteroatoms. The number of hydrogen-bond donors (Lipinski definition) is 0. The van der Waals surface area contributed by atoms with Crippen molar-refractivity contribution in [3.63, 3.8) is 0 Å². The van der Waals surface area contributed by atoms with Gasteiger partial charge < -0.3 is 9.30 Å². The van der Waals surface area contributed by atoms with E-state index in [1.807, 2.05) is 26.1 Å². The van der Waals surface area contributed by atoms with Crippen LogP contribution in [-0.2, 0) is 11.8 Å². The van der Waals surface area contributed by atoms with Gasteiger partial charge in [0.05, 0.1) is 22.2 Å². The molecule has 0 amide bonds. The van der Waals surface area contributed by atoms with Crippen LogP contribution in [0.15, 0.2) is 30.3 Å². The number of benzene rings is 1. The van der Waals surface area contributed by atoms with Gasteiger partial charge in [0.15, 0.2) is 5.69 Å². The molecule has 0 aliphatic heterocycles. The molecule has 1 aliphatic rings. The van der Waals surface area contributed by atoms with Gasteiger partial charge in [0.2, 0.25) is 0 Å². The average molecular weight is 326 g/mol. The number of aryl methyl sites for hydroxylation is 2. The topological polar surface area (TPSA) is 44.1 Å². The second-order valence-corrected chi connectivity index (χ2v) is 7.30. The Labute approximate surface area is 138 Å². The van der Waals surface area contributed by atoms with E-state index in [2.05, 4.69) is 27.8 Å². The third-order valence-corrected chi connectivity index (χ3v) is 5.25. The maximum Gasteiger partial charge on any atom is 0.358 e. The van der Waals surface area contributed by atoms with E-state index in [0.717, 1.165) is 26.5 Å². The Hall–Kier alpha value is -2.14. The van der Waals surface area contributed by atoms with Crippen LogP contribution in [0.2, 0.25) is 0 Å². The van der Waals surface area contributed by atoms with Crippen molar-refractivity contribution in [2.24, 2.45) is 13.0 Å². The van der Waals surface area contributed by atoms with Gasteiger partial charge in [0.25, 0.3) is 0 Å². The van der Waals surface area contributed by atoms with Crippen molar-refractivity contribution in [2.75, 3.05) is 6.61 Å². The van der Waals surface area contributed by atoms with E-state index in [1.54, 1.807) is 11.3 Å². The minimum Gasteiger partial charge on any atom is -0.461 e. The van der Waals surface area contributed by atoms with Gasteiger partial charge >= 0.3 is 5.97 Å². The number of ether oxygens (including phenoxy) is 1. The molecule has 0 unspecified atom stereocenters. The number of carbonyl (C=O) groups is 1. The van der Waals surface area contributed by atoms with E-state index in [1.165, 1.54) is 12.8 Å². The molecule has 0 atom stereocenters. The molecule has 1 saturated carbocycles. The lowest BCUT2D eigenvalue weighted by Crippen LogP contribution is -2.09. The molecule has 3 aromatic rings. The number of para-hydroxylation sites is 1. The normalized spacial score (nSPS) is 14.3. The highest BCUT2D eigenvalue weighted by atomic mass is 32.1. The van der Waals surface area contributed by atoms with E-state index < -0.39 is 0 Å². The maximum atomic E-state index is 12.4. The molecule has 23 heavy (non-hydrogen) atoms. The first-order valence-corrected chi connectivity index (χ1v) is 8.64. The van der Waals surface area contributed by atoms with E-state index in [9.17, 15) is 4.79 Å². The molecule has 0 bridgehead atoms. The first kappa shape index (κ1) is 14.5. The minimum absolute atomic E-state index is 0.304. The highest BCUT2D eigenvalue weighted by molar-refractivity contribution is 7.15. The number of rotatable bonds is 4. The lowest BCUT2D eigenvalue weighted by molar-refractivity contribution is 0.0481. The highest BCUT2D eigenvalue weighted by Crippen LogP contribution is 2.35. The molecule has 0 spiro atoms. The van der Waals surface area contributed by atoms with Crippen LogP contribution >= 0.6 is 11.3 Å². The monoisotopic (exact) mass is 326 g/mol. The van der Waals surface area contributed by atoms with E-state index >= 15 is 0 Å². The fourth-order valence-corrected chi connectivity index (χ4v) is 3.75. The Morgan fingerprint density at radius 1 is 1.39 bits per heavy atom. The van der Waals surface area contributed by atoms with Crippen LogP contribution in [0.1, 0.15) is 28.3 Å². The Morgan fingerprint density at radius 3 is 2.91 bits per heavy atom. The SMILES string of the molecule is Cc1nc(C(=O)OCC2CC2)c(-c2cc3ccccc3n2C)s1. The zero-order valence-electron chi connectivity index (χ0n) is 13.2. The van der Waals surface area contributed by atoms with Crippen molar-refractivity contribution in [1.29, 1.82) is 0 Å². The summed E-state index contributed by atoms with van der Waals surface area (Å²) in [6.45, 7) is 2.44. The first-order chi connectivity index (χ1) is 11.1. The Balaban J connectivity index is 1.75. The molecule has 1 fully saturated rings. The summed E-state index contributed by atoms with van der Waals surface area (Å²) in [5.41, 5.74) is 2.60. The summed E-state index contributed by atoms with van der Waals surface area (Å²) >= 11 is 1.54. The molecule has 2 heterocycles. The molecule has 118 valence electrons. The van der Waals surface area contributed by atoms with Crippen LogP contribution in [-0.4, -0.2) is 22.1 Å². The van der Waals surface area contributed by atoms with Crippen molar-refractivity contribution in [1.82, 2.24) is 9.55 Å². The molecular formula is C18H18N2O2S. The third kappa shape index (κ3) is 2.65. The summed E-state index contributed by atoms with van der Waals surface area (Å²) < 4.78 is 7.55. The van der Waals surface area contributed by atoms with Crippen LogP contribution in [0.25, 0.3) is 21.5 Å². The predicted molar refractivity (Wildman–Crippen MR) is 91.8 cm³/mol. The van der Waals surface area contributed by atoms with Gasteiger partial charge in [-0.3, -0.25) is 0 Å². The van der Waals surface area contributed by atoms with Gasteiger partial charge in [-0.05, 0) is 37.8 Å². The second-order valence-electron chi connectivity index (χ2n) is 6.10. The number of aromatic nitrogens is 2. The molecular weight excluding hydrogens is 308 g/mol. The lowest BCUT2D eigenvalue weighted by atomic mass is 10.2. The lowest BCUT2D eigenvalue weighted by Gasteiger charge is -2.05. The summed E-state index contributed by atoms with van der Waals surface area (Å²) in [5, 5.41) is 2.04. The van der Waals surface area contributed by atoms with Gasteiger partial charge in [0, 0.05) is 18.0 Å². The van der Waals surface area contributed by atoms with E-state index in [-0.39, 0.29) is 5.97 Å². The van der Waals surface area contributed by atoms with Crippen molar-refractivity contribution in [3.05, 3.63) is 41.0 Å². The third-order valence-electron chi connectivity index (χ3n) is 4.26. The zero-order valence-corrected chi connectivity index (χ0v) is 14.0. The summed E-state index contributed by atoms with van der Waals surface area (Å²) in [4.78, 5) is 17.7. The summed E-state index contributed by atoms with van der Waals surface area (Å²) in [7, 11) is 2.02. The molecule has 0 saturated heterocycles. The quantitative estimate of drug-likeness (QED) is 0.676. The number of carbonyl (C=O) groups excluding carboxylic acids is 1. The Kier molecular flexibility index (Phi) is 3.45. The van der Waals surface area contributed by atoms with Crippen molar-refractivity contribution in [2.45, 2.75) is 19.8 Å². The Morgan fingerprint density at radius 2 is 2.17 bits per heavy atom. The van der Waals surface area contributed by atoms with Crippen LogP contribution in [0.5, 0.6) is 0 Å². The van der Waals surface area contributed by atoms with Gasteiger partial charge in [-0.1, -0.05) is 18.2 Å². The van der Waals surface area contributed by atoms with Gasteiger partial charge in [-0.15, -0.1) is 11.3 Å².